The summed E-state index contributed by atoms with van der Waals surface area (Å²) in [6.45, 7) is 11.3. The number of nitrogens with one attached hydrogen (secondary N) is 1. The van der Waals surface area contributed by atoms with E-state index >= 15 is 0 Å². The minimum Gasteiger partial charge on any atom is -0.306 e. The number of nitrogens with zero attached hydrogens (tertiary/aromatic N) is 4. The fraction of sp³-hybridized carbons (Fsp3) is 0.643. The van der Waals surface area contributed by atoms with Gasteiger partial charge in [-0.3, -0.25) is 9.55 Å². The van der Waals surface area contributed by atoms with Gasteiger partial charge in [0.05, 0.1) is 0 Å². The molecule has 1 aromatic heterocycles. The van der Waals surface area contributed by atoms with Gasteiger partial charge in [-0.1, -0.05) is 13.8 Å². The van der Waals surface area contributed by atoms with Gasteiger partial charge >= 0.3 is 5.69 Å². The summed E-state index contributed by atoms with van der Waals surface area (Å²) in [4.78, 5) is 25.1. The van der Waals surface area contributed by atoms with E-state index in [4.69, 9.17) is 0 Å². The number of hydrogen-bond acceptors (Lipinski definition) is 4. The van der Waals surface area contributed by atoms with E-state index in [9.17, 15) is 4.79 Å². The number of imidazole rings is 1. The number of rotatable bonds is 3. The largest absolute Gasteiger partial charge is 0.329 e. The molecule has 112 valence electrons. The molecule has 0 amide bonds. The van der Waals surface area contributed by atoms with Crippen LogP contribution in [0, 0.1) is 0 Å². The highest BCUT2D eigenvalue weighted by molar-refractivity contribution is 5.65. The van der Waals surface area contributed by atoms with Crippen molar-refractivity contribution in [1.29, 1.82) is 0 Å². The molecule has 2 heterocycles. The van der Waals surface area contributed by atoms with Crippen molar-refractivity contribution >= 4 is 24.6 Å². The van der Waals surface area contributed by atoms with Crippen LogP contribution in [0.25, 0.3) is 0 Å². The van der Waals surface area contributed by atoms with Gasteiger partial charge in [0.1, 0.15) is 0 Å². The predicted molar refractivity (Wildman–Crippen MR) is 85.2 cm³/mol. The maximum absolute atomic E-state index is 12.0. The number of aromatic nitrogens is 2. The smallest absolute Gasteiger partial charge is 0.306 e. The molecule has 0 atom stereocenters. The fourth-order valence-electron chi connectivity index (χ4n) is 2.39. The molecule has 6 nitrogen and oxygen atoms in total. The second-order valence-corrected chi connectivity index (χ2v) is 4.55. The summed E-state index contributed by atoms with van der Waals surface area (Å²) in [5.74, 6) is 1.05. The Morgan fingerprint density at radius 3 is 2.45 bits per heavy atom. The molecule has 0 bridgehead atoms. The van der Waals surface area contributed by atoms with Crippen LogP contribution < -0.4 is 5.69 Å². The Morgan fingerprint density at radius 2 is 1.95 bits per heavy atom. The predicted octanol–water partition coefficient (Wildman–Crippen LogP) is 2.52. The molecule has 0 spiro atoms. The lowest BCUT2D eigenvalue weighted by Crippen LogP contribution is -2.34. The maximum Gasteiger partial charge on any atom is 0.329 e. The summed E-state index contributed by atoms with van der Waals surface area (Å²) in [5, 5.41) is 0. The molecule has 20 heavy (non-hydrogen) atoms. The highest BCUT2D eigenvalue weighted by Gasteiger charge is 2.24. The first-order valence-electron chi connectivity index (χ1n) is 7.15. The Labute approximate surface area is 120 Å². The Bertz CT molecular complexity index is 506. The SMILES string of the molecule is C=Nc1c(/N=C\C)[nH]c(=O)n1C1CCN(C)CC1.CC. The van der Waals surface area contributed by atoms with Crippen LogP contribution in [0.5, 0.6) is 0 Å². The lowest BCUT2D eigenvalue weighted by molar-refractivity contribution is 0.220. The molecule has 0 aliphatic carbocycles. The maximum atomic E-state index is 12.0. The molecule has 2 rings (SSSR count). The number of H-pyrrole nitrogens is 1. The zero-order valence-electron chi connectivity index (χ0n) is 12.9. The van der Waals surface area contributed by atoms with Gasteiger partial charge in [0.2, 0.25) is 0 Å². The zero-order valence-corrected chi connectivity index (χ0v) is 12.9. The van der Waals surface area contributed by atoms with E-state index < -0.39 is 0 Å². The van der Waals surface area contributed by atoms with Crippen LogP contribution in [0.4, 0.5) is 11.6 Å². The van der Waals surface area contributed by atoms with Gasteiger partial charge in [0.15, 0.2) is 11.6 Å². The van der Waals surface area contributed by atoms with E-state index in [-0.39, 0.29) is 11.7 Å². The molecule has 1 saturated heterocycles. The third kappa shape index (κ3) is 3.45. The van der Waals surface area contributed by atoms with Gasteiger partial charge in [-0.2, -0.15) is 0 Å². The van der Waals surface area contributed by atoms with E-state index in [0.717, 1.165) is 25.9 Å². The molecule has 0 radical (unpaired) electrons. The lowest BCUT2D eigenvalue weighted by Gasteiger charge is -2.29. The van der Waals surface area contributed by atoms with E-state index in [2.05, 4.69) is 33.6 Å². The van der Waals surface area contributed by atoms with Gasteiger partial charge < -0.3 is 4.90 Å². The van der Waals surface area contributed by atoms with Gasteiger partial charge in [-0.15, -0.1) is 0 Å². The van der Waals surface area contributed by atoms with Crippen molar-refractivity contribution in [3.63, 3.8) is 0 Å². The van der Waals surface area contributed by atoms with Crippen LogP contribution in [0.3, 0.4) is 0 Å². The molecule has 1 fully saturated rings. The van der Waals surface area contributed by atoms with E-state index in [1.54, 1.807) is 17.7 Å². The average Bonchev–Trinajstić information content (AvgIpc) is 2.78. The van der Waals surface area contributed by atoms with Crippen molar-refractivity contribution in [2.75, 3.05) is 20.1 Å². The Kier molecular flexibility index (Phi) is 6.38. The van der Waals surface area contributed by atoms with E-state index in [0.29, 0.717) is 11.6 Å². The topological polar surface area (TPSA) is 65.8 Å². The van der Waals surface area contributed by atoms with Crippen molar-refractivity contribution in [1.82, 2.24) is 14.5 Å². The second kappa shape index (κ2) is 7.79. The Morgan fingerprint density at radius 1 is 1.35 bits per heavy atom. The van der Waals surface area contributed by atoms with Gasteiger partial charge in [-0.25, -0.2) is 14.8 Å². The van der Waals surface area contributed by atoms with Crippen molar-refractivity contribution in [2.24, 2.45) is 9.98 Å². The first kappa shape index (κ1) is 16.4. The molecular formula is C14H25N5O. The van der Waals surface area contributed by atoms with Crippen molar-refractivity contribution < 1.29 is 0 Å². The zero-order chi connectivity index (χ0) is 15.1. The van der Waals surface area contributed by atoms with Crippen LogP contribution in [0.15, 0.2) is 14.8 Å². The highest BCUT2D eigenvalue weighted by atomic mass is 16.1. The third-order valence-electron chi connectivity index (χ3n) is 3.35. The fourth-order valence-corrected chi connectivity index (χ4v) is 2.39. The van der Waals surface area contributed by atoms with Crippen molar-refractivity contribution in [3.8, 4) is 0 Å². The molecule has 0 aromatic carbocycles. The van der Waals surface area contributed by atoms with Gasteiger partial charge in [0.25, 0.3) is 0 Å². The molecular weight excluding hydrogens is 254 g/mol. The van der Waals surface area contributed by atoms with Crippen LogP contribution >= 0.6 is 0 Å². The van der Waals surface area contributed by atoms with Gasteiger partial charge in [0, 0.05) is 12.3 Å². The molecule has 0 unspecified atom stereocenters. The van der Waals surface area contributed by atoms with Crippen LogP contribution in [0.1, 0.15) is 39.7 Å². The summed E-state index contributed by atoms with van der Waals surface area (Å²) in [5.41, 5.74) is -0.146. The summed E-state index contributed by atoms with van der Waals surface area (Å²) in [7, 11) is 2.09. The van der Waals surface area contributed by atoms with Crippen molar-refractivity contribution in [3.05, 3.63) is 10.5 Å². The minimum absolute atomic E-state index is 0.146. The summed E-state index contributed by atoms with van der Waals surface area (Å²) in [6, 6.07) is 0.186. The van der Waals surface area contributed by atoms with Crippen LogP contribution in [-0.2, 0) is 0 Å². The third-order valence-corrected chi connectivity index (χ3v) is 3.35. The monoisotopic (exact) mass is 279 g/mol. The van der Waals surface area contributed by atoms with E-state index in [1.807, 2.05) is 13.8 Å². The number of likely N-dealkylation sites (tertiary alicyclic amines) is 1. The summed E-state index contributed by atoms with van der Waals surface area (Å²) < 4.78 is 1.70. The number of aromatic amines is 1. The minimum atomic E-state index is -0.146. The van der Waals surface area contributed by atoms with Crippen LogP contribution in [0.2, 0.25) is 0 Å². The highest BCUT2D eigenvalue weighted by Crippen LogP contribution is 2.30. The van der Waals surface area contributed by atoms with Crippen LogP contribution in [-0.4, -0.2) is 47.5 Å². The molecule has 6 heteroatoms. The normalized spacial score (nSPS) is 17.0. The molecule has 0 saturated carbocycles. The number of aliphatic imine (C=N–C) groups is 2. The van der Waals surface area contributed by atoms with E-state index in [1.165, 1.54) is 0 Å². The summed E-state index contributed by atoms with van der Waals surface area (Å²) >= 11 is 0. The number of piperidine rings is 1. The molecule has 1 aliphatic rings. The van der Waals surface area contributed by atoms with Crippen molar-refractivity contribution in [2.45, 2.75) is 39.7 Å². The Balaban J connectivity index is 0.000000956. The van der Waals surface area contributed by atoms with Gasteiger partial charge in [-0.05, 0) is 46.6 Å². The quantitative estimate of drug-likeness (QED) is 0.864. The standard InChI is InChI=1S/C12H19N5O.C2H6/c1-4-14-10-11(13-2)17(12(18)15-10)9-5-7-16(3)8-6-9;1-2/h4,9H,2,5-8H2,1,3H3,(H,15,18);1-2H3/b14-4-;. The molecule has 1 aliphatic heterocycles. The first-order chi connectivity index (χ1) is 9.67. The first-order valence-corrected chi connectivity index (χ1v) is 7.15. The molecule has 1 N–H and O–H groups in total. The summed E-state index contributed by atoms with van der Waals surface area (Å²) in [6.07, 6.45) is 3.54. The average molecular weight is 279 g/mol. The number of hydrogen-bond donors (Lipinski definition) is 1. The second-order valence-electron chi connectivity index (χ2n) is 4.55. The molecule has 1 aromatic rings. The lowest BCUT2D eigenvalue weighted by atomic mass is 10.1. The Hall–Kier alpha value is -1.69.